The Morgan fingerprint density at radius 1 is 1.50 bits per heavy atom. The molecule has 1 rings (SSSR count). The van der Waals surface area contributed by atoms with Gasteiger partial charge in [0.25, 0.3) is 0 Å². The van der Waals surface area contributed by atoms with E-state index in [0.29, 0.717) is 13.1 Å². The molecule has 0 aromatic heterocycles. The second-order valence-electron chi connectivity index (χ2n) is 3.58. The summed E-state index contributed by atoms with van der Waals surface area (Å²) in [6, 6.07) is -0.0890. The van der Waals surface area contributed by atoms with Crippen molar-refractivity contribution in [1.82, 2.24) is 10.2 Å². The number of urea groups is 1. The Morgan fingerprint density at radius 2 is 2.07 bits per heavy atom. The van der Waals surface area contributed by atoms with Crippen LogP contribution in [-0.4, -0.2) is 50.1 Å². The van der Waals surface area contributed by atoms with Crippen LogP contribution in [0.1, 0.15) is 13.8 Å². The number of carbonyl (C=O) groups is 1. The topological polar surface area (TPSA) is 50.8 Å². The highest BCUT2D eigenvalue weighted by Crippen LogP contribution is 2.10. The molecule has 0 radical (unpaired) electrons. The lowest BCUT2D eigenvalue weighted by Crippen LogP contribution is -2.51. The number of carbonyl (C=O) groups excluding carboxylic acids is 1. The molecule has 1 fully saturated rings. The van der Waals surface area contributed by atoms with Gasteiger partial charge in [0, 0.05) is 20.2 Å². The number of ether oxygens (including phenoxy) is 2. The summed E-state index contributed by atoms with van der Waals surface area (Å²) in [5.74, 6) is 0. The molecule has 2 unspecified atom stereocenters. The number of nitrogens with zero attached hydrogens (tertiary/aromatic N) is 1. The van der Waals surface area contributed by atoms with Gasteiger partial charge >= 0.3 is 6.03 Å². The second kappa shape index (κ2) is 5.17. The third-order valence-corrected chi connectivity index (χ3v) is 2.07. The highest BCUT2D eigenvalue weighted by atomic mass is 16.5. The first-order chi connectivity index (χ1) is 6.63. The number of amides is 2. The van der Waals surface area contributed by atoms with E-state index in [4.69, 9.17) is 9.47 Å². The second-order valence-corrected chi connectivity index (χ2v) is 3.58. The largest absolute Gasteiger partial charge is 0.372 e. The molecule has 0 aromatic rings. The number of rotatable bonds is 2. The van der Waals surface area contributed by atoms with Gasteiger partial charge in [0.1, 0.15) is 6.73 Å². The molecule has 5 heteroatoms. The molecule has 1 heterocycles. The van der Waals surface area contributed by atoms with Crippen molar-refractivity contribution in [1.29, 1.82) is 0 Å². The lowest BCUT2D eigenvalue weighted by molar-refractivity contribution is -0.0551. The monoisotopic (exact) mass is 202 g/mol. The van der Waals surface area contributed by atoms with Gasteiger partial charge in [-0.3, -0.25) is 0 Å². The summed E-state index contributed by atoms with van der Waals surface area (Å²) in [5.41, 5.74) is 0. The minimum absolute atomic E-state index is 0.0890. The Bertz CT molecular complexity index is 188. The number of nitrogens with one attached hydrogen (secondary N) is 1. The Kier molecular flexibility index (Phi) is 4.16. The van der Waals surface area contributed by atoms with Crippen molar-refractivity contribution >= 4 is 6.03 Å². The summed E-state index contributed by atoms with van der Waals surface area (Å²) >= 11 is 0. The molecule has 1 N–H and O–H groups in total. The van der Waals surface area contributed by atoms with Gasteiger partial charge in [-0.15, -0.1) is 0 Å². The predicted molar refractivity (Wildman–Crippen MR) is 52.0 cm³/mol. The molecule has 2 atom stereocenters. The van der Waals surface area contributed by atoms with E-state index < -0.39 is 0 Å². The molecule has 1 aliphatic heterocycles. The van der Waals surface area contributed by atoms with Crippen LogP contribution in [0.3, 0.4) is 0 Å². The van der Waals surface area contributed by atoms with Gasteiger partial charge in [-0.1, -0.05) is 0 Å². The zero-order chi connectivity index (χ0) is 10.6. The van der Waals surface area contributed by atoms with Crippen LogP contribution in [0.5, 0.6) is 0 Å². The molecule has 0 saturated carbocycles. The van der Waals surface area contributed by atoms with Gasteiger partial charge in [-0.05, 0) is 13.8 Å². The Morgan fingerprint density at radius 3 is 2.57 bits per heavy atom. The van der Waals surface area contributed by atoms with E-state index in [1.807, 2.05) is 13.8 Å². The highest BCUT2D eigenvalue weighted by molar-refractivity contribution is 5.74. The van der Waals surface area contributed by atoms with Crippen molar-refractivity contribution in [3.63, 3.8) is 0 Å². The van der Waals surface area contributed by atoms with E-state index in [0.717, 1.165) is 0 Å². The quantitative estimate of drug-likeness (QED) is 0.660. The molecule has 1 saturated heterocycles. The van der Waals surface area contributed by atoms with Gasteiger partial charge in [0.2, 0.25) is 0 Å². The Labute approximate surface area is 84.4 Å². The minimum atomic E-state index is -0.0890. The van der Waals surface area contributed by atoms with Crippen LogP contribution in [0.4, 0.5) is 4.79 Å². The van der Waals surface area contributed by atoms with E-state index in [1.165, 1.54) is 0 Å². The fraction of sp³-hybridized carbons (Fsp3) is 0.889. The molecule has 0 spiro atoms. The smallest absolute Gasteiger partial charge is 0.319 e. The fourth-order valence-corrected chi connectivity index (χ4v) is 1.59. The summed E-state index contributed by atoms with van der Waals surface area (Å²) in [7, 11) is 1.55. The van der Waals surface area contributed by atoms with Crippen LogP contribution in [0.15, 0.2) is 0 Å². The van der Waals surface area contributed by atoms with E-state index >= 15 is 0 Å². The maximum absolute atomic E-state index is 11.5. The first-order valence-electron chi connectivity index (χ1n) is 4.80. The average molecular weight is 202 g/mol. The lowest BCUT2D eigenvalue weighted by Gasteiger charge is -2.35. The van der Waals surface area contributed by atoms with Crippen molar-refractivity contribution in [2.75, 3.05) is 26.9 Å². The third kappa shape index (κ3) is 3.16. The first-order valence-corrected chi connectivity index (χ1v) is 4.80. The Hall–Kier alpha value is -0.810. The highest BCUT2D eigenvalue weighted by Gasteiger charge is 2.25. The molecule has 82 valence electrons. The number of morpholine rings is 1. The van der Waals surface area contributed by atoms with E-state index in [9.17, 15) is 4.79 Å². The summed E-state index contributed by atoms with van der Waals surface area (Å²) < 4.78 is 10.3. The molecular weight excluding hydrogens is 184 g/mol. The SMILES string of the molecule is COCNC(=O)N1CC(C)OC(C)C1. The zero-order valence-electron chi connectivity index (χ0n) is 8.95. The van der Waals surface area contributed by atoms with Crippen LogP contribution < -0.4 is 5.32 Å². The summed E-state index contributed by atoms with van der Waals surface area (Å²) in [5, 5.41) is 2.65. The van der Waals surface area contributed by atoms with Crippen LogP contribution in [0.25, 0.3) is 0 Å². The minimum Gasteiger partial charge on any atom is -0.372 e. The standard InChI is InChI=1S/C9H18N2O3/c1-7-4-11(5-8(2)14-7)9(12)10-6-13-3/h7-8H,4-6H2,1-3H3,(H,10,12). The maximum atomic E-state index is 11.5. The van der Waals surface area contributed by atoms with Crippen LogP contribution >= 0.6 is 0 Å². The fourth-order valence-electron chi connectivity index (χ4n) is 1.59. The molecule has 0 bridgehead atoms. The maximum Gasteiger partial charge on any atom is 0.319 e. The van der Waals surface area contributed by atoms with E-state index in [-0.39, 0.29) is 25.0 Å². The van der Waals surface area contributed by atoms with Crippen LogP contribution in [0.2, 0.25) is 0 Å². The van der Waals surface area contributed by atoms with Crippen molar-refractivity contribution in [3.8, 4) is 0 Å². The molecule has 14 heavy (non-hydrogen) atoms. The number of hydrogen-bond acceptors (Lipinski definition) is 3. The molecule has 1 aliphatic rings. The summed E-state index contributed by atoms with van der Waals surface area (Å²) in [6.07, 6.45) is 0.207. The van der Waals surface area contributed by atoms with Gasteiger partial charge in [-0.2, -0.15) is 0 Å². The van der Waals surface area contributed by atoms with E-state index in [1.54, 1.807) is 12.0 Å². The molecule has 0 aliphatic carbocycles. The van der Waals surface area contributed by atoms with Gasteiger partial charge in [-0.25, -0.2) is 4.79 Å². The van der Waals surface area contributed by atoms with Crippen molar-refractivity contribution < 1.29 is 14.3 Å². The zero-order valence-corrected chi connectivity index (χ0v) is 8.95. The van der Waals surface area contributed by atoms with Crippen molar-refractivity contribution in [2.24, 2.45) is 0 Å². The lowest BCUT2D eigenvalue weighted by atomic mass is 10.2. The van der Waals surface area contributed by atoms with Crippen LogP contribution in [-0.2, 0) is 9.47 Å². The van der Waals surface area contributed by atoms with Gasteiger partial charge in [0.15, 0.2) is 0 Å². The van der Waals surface area contributed by atoms with Crippen molar-refractivity contribution in [2.45, 2.75) is 26.1 Å². The summed E-state index contributed by atoms with van der Waals surface area (Å²) in [6.45, 7) is 5.46. The van der Waals surface area contributed by atoms with Gasteiger partial charge < -0.3 is 19.7 Å². The number of hydrogen-bond donors (Lipinski definition) is 1. The summed E-state index contributed by atoms with van der Waals surface area (Å²) in [4.78, 5) is 13.3. The van der Waals surface area contributed by atoms with E-state index in [2.05, 4.69) is 5.32 Å². The number of methoxy groups -OCH3 is 1. The average Bonchev–Trinajstić information content (AvgIpc) is 2.12. The van der Waals surface area contributed by atoms with Gasteiger partial charge in [0.05, 0.1) is 12.2 Å². The normalized spacial score (nSPS) is 27.5. The predicted octanol–water partition coefficient (Wildman–Crippen LogP) is 0.409. The molecular formula is C9H18N2O3. The third-order valence-electron chi connectivity index (χ3n) is 2.07. The Balaban J connectivity index is 2.38. The first kappa shape index (κ1) is 11.3. The van der Waals surface area contributed by atoms with Crippen LogP contribution in [0, 0.1) is 0 Å². The molecule has 5 nitrogen and oxygen atoms in total. The molecule has 2 amide bonds. The van der Waals surface area contributed by atoms with Crippen molar-refractivity contribution in [3.05, 3.63) is 0 Å². The molecule has 0 aromatic carbocycles.